The third kappa shape index (κ3) is 5.31. The summed E-state index contributed by atoms with van der Waals surface area (Å²) in [6.07, 6.45) is 3.42. The van der Waals surface area contributed by atoms with Gasteiger partial charge in [0.25, 0.3) is 5.91 Å². The van der Waals surface area contributed by atoms with Gasteiger partial charge < -0.3 is 14.6 Å². The lowest BCUT2D eigenvalue weighted by molar-refractivity contribution is 0.0924. The van der Waals surface area contributed by atoms with Gasteiger partial charge >= 0.3 is 0 Å². The Morgan fingerprint density at radius 1 is 1.00 bits per heavy atom. The number of carbonyl (C=O) groups is 1. The summed E-state index contributed by atoms with van der Waals surface area (Å²) in [7, 11) is 4.09. The number of rotatable bonds is 8. The summed E-state index contributed by atoms with van der Waals surface area (Å²) in [5, 5.41) is 4.59. The van der Waals surface area contributed by atoms with Crippen LogP contribution in [0.1, 0.15) is 27.2 Å². The molecule has 0 unspecified atom stereocenters. The van der Waals surface area contributed by atoms with Crippen molar-refractivity contribution >= 4 is 28.6 Å². The lowest BCUT2D eigenvalue weighted by Crippen LogP contribution is -2.23. The molecular weight excluding hydrogens is 408 g/mol. The fraction of sp³-hybridized carbons (Fsp3) is 0.208. The van der Waals surface area contributed by atoms with Crippen LogP contribution in [0.2, 0.25) is 0 Å². The number of furan rings is 1. The molecule has 0 atom stereocenters. The van der Waals surface area contributed by atoms with Crippen LogP contribution in [0.5, 0.6) is 0 Å². The van der Waals surface area contributed by atoms with Gasteiger partial charge in [0.15, 0.2) is 10.9 Å². The molecule has 1 N–H and O–H groups in total. The van der Waals surface area contributed by atoms with Crippen LogP contribution in [0.15, 0.2) is 76.6 Å². The van der Waals surface area contributed by atoms with E-state index < -0.39 is 0 Å². The van der Waals surface area contributed by atoms with E-state index in [-0.39, 0.29) is 5.91 Å². The minimum atomic E-state index is -0.224. The molecular formula is C24H24N4O2S. The SMILES string of the molecule is CN(C)Cc1ccc(CNC(=O)c2oc3ccccc3c2CSc2ncccn2)cc1. The van der Waals surface area contributed by atoms with Gasteiger partial charge in [-0.05, 0) is 37.4 Å². The summed E-state index contributed by atoms with van der Waals surface area (Å²) in [6.45, 7) is 1.32. The maximum absolute atomic E-state index is 13.0. The van der Waals surface area contributed by atoms with Gasteiger partial charge in [0, 0.05) is 42.2 Å². The molecule has 0 aliphatic heterocycles. The highest BCUT2D eigenvalue weighted by Crippen LogP contribution is 2.31. The van der Waals surface area contributed by atoms with E-state index >= 15 is 0 Å². The zero-order chi connectivity index (χ0) is 21.6. The summed E-state index contributed by atoms with van der Waals surface area (Å²) in [6, 6.07) is 17.7. The van der Waals surface area contributed by atoms with Gasteiger partial charge in [-0.2, -0.15) is 0 Å². The zero-order valence-electron chi connectivity index (χ0n) is 17.5. The van der Waals surface area contributed by atoms with Crippen molar-refractivity contribution in [3.05, 3.63) is 89.4 Å². The molecule has 2 aromatic heterocycles. The van der Waals surface area contributed by atoms with Gasteiger partial charge in [0.1, 0.15) is 5.58 Å². The quantitative estimate of drug-likeness (QED) is 0.326. The molecule has 0 saturated heterocycles. The number of benzene rings is 2. The molecule has 158 valence electrons. The van der Waals surface area contributed by atoms with Crippen molar-refractivity contribution in [1.82, 2.24) is 20.2 Å². The fourth-order valence-electron chi connectivity index (χ4n) is 3.31. The van der Waals surface area contributed by atoms with Crippen LogP contribution in [-0.4, -0.2) is 34.9 Å². The molecule has 6 nitrogen and oxygen atoms in total. The Bertz CT molecular complexity index is 1160. The van der Waals surface area contributed by atoms with Gasteiger partial charge in [0.05, 0.1) is 0 Å². The van der Waals surface area contributed by atoms with E-state index in [2.05, 4.69) is 32.3 Å². The van der Waals surface area contributed by atoms with Gasteiger partial charge in [-0.25, -0.2) is 9.97 Å². The van der Waals surface area contributed by atoms with Crippen LogP contribution in [0.3, 0.4) is 0 Å². The van der Waals surface area contributed by atoms with Crippen LogP contribution < -0.4 is 5.32 Å². The Labute approximate surface area is 185 Å². The average Bonchev–Trinajstić information content (AvgIpc) is 3.16. The van der Waals surface area contributed by atoms with E-state index in [1.54, 1.807) is 18.5 Å². The molecule has 0 aliphatic rings. The second-order valence-electron chi connectivity index (χ2n) is 7.46. The number of nitrogens with zero attached hydrogens (tertiary/aromatic N) is 3. The molecule has 0 aliphatic carbocycles. The van der Waals surface area contributed by atoms with E-state index in [0.717, 1.165) is 23.1 Å². The second kappa shape index (κ2) is 9.76. The lowest BCUT2D eigenvalue weighted by Gasteiger charge is -2.10. The Balaban J connectivity index is 1.49. The van der Waals surface area contributed by atoms with E-state index in [1.807, 2.05) is 50.5 Å². The second-order valence-corrected chi connectivity index (χ2v) is 8.41. The highest BCUT2D eigenvalue weighted by molar-refractivity contribution is 7.98. The number of para-hydroxylation sites is 1. The molecule has 0 saturated carbocycles. The number of hydrogen-bond acceptors (Lipinski definition) is 6. The molecule has 2 aromatic carbocycles. The Morgan fingerprint density at radius 3 is 2.45 bits per heavy atom. The number of amides is 1. The molecule has 2 heterocycles. The Hall–Kier alpha value is -3.16. The minimum Gasteiger partial charge on any atom is -0.451 e. The molecule has 0 fully saturated rings. The molecule has 4 rings (SSSR count). The lowest BCUT2D eigenvalue weighted by atomic mass is 10.1. The number of carbonyl (C=O) groups excluding carboxylic acids is 1. The molecule has 31 heavy (non-hydrogen) atoms. The predicted molar refractivity (Wildman–Crippen MR) is 123 cm³/mol. The largest absolute Gasteiger partial charge is 0.451 e. The Morgan fingerprint density at radius 2 is 1.71 bits per heavy atom. The summed E-state index contributed by atoms with van der Waals surface area (Å²) in [5.74, 6) is 0.662. The van der Waals surface area contributed by atoms with Crippen molar-refractivity contribution in [2.75, 3.05) is 14.1 Å². The first-order chi connectivity index (χ1) is 15.1. The summed E-state index contributed by atoms with van der Waals surface area (Å²) in [4.78, 5) is 23.6. The van der Waals surface area contributed by atoms with E-state index in [0.29, 0.717) is 28.8 Å². The number of aromatic nitrogens is 2. The molecule has 7 heteroatoms. The summed E-state index contributed by atoms with van der Waals surface area (Å²) in [5.41, 5.74) is 3.83. The monoisotopic (exact) mass is 432 g/mol. The van der Waals surface area contributed by atoms with Gasteiger partial charge in [-0.15, -0.1) is 0 Å². The topological polar surface area (TPSA) is 71.3 Å². The minimum absolute atomic E-state index is 0.224. The highest BCUT2D eigenvalue weighted by atomic mass is 32.2. The van der Waals surface area contributed by atoms with Crippen molar-refractivity contribution in [3.8, 4) is 0 Å². The van der Waals surface area contributed by atoms with Crippen molar-refractivity contribution in [2.45, 2.75) is 24.0 Å². The first-order valence-electron chi connectivity index (χ1n) is 10.0. The maximum Gasteiger partial charge on any atom is 0.287 e. The fourth-order valence-corrected chi connectivity index (χ4v) is 4.14. The Kier molecular flexibility index (Phi) is 6.64. The van der Waals surface area contributed by atoms with Crippen molar-refractivity contribution in [2.24, 2.45) is 0 Å². The third-order valence-corrected chi connectivity index (χ3v) is 5.67. The predicted octanol–water partition coefficient (Wildman–Crippen LogP) is 4.51. The summed E-state index contributed by atoms with van der Waals surface area (Å²) >= 11 is 1.48. The number of thioether (sulfide) groups is 1. The van der Waals surface area contributed by atoms with E-state index in [1.165, 1.54) is 17.3 Å². The normalized spacial score (nSPS) is 11.2. The number of hydrogen-bond donors (Lipinski definition) is 1. The van der Waals surface area contributed by atoms with Crippen molar-refractivity contribution in [3.63, 3.8) is 0 Å². The molecule has 0 radical (unpaired) electrons. The standard InChI is InChI=1S/C24H24N4O2S/c1-28(2)15-18-10-8-17(9-11-18)14-27-23(29)22-20(16-31-24-25-12-5-13-26-24)19-6-3-4-7-21(19)30-22/h3-13H,14-16H2,1-2H3,(H,27,29). The smallest absolute Gasteiger partial charge is 0.287 e. The molecule has 0 bridgehead atoms. The van der Waals surface area contributed by atoms with E-state index in [9.17, 15) is 4.79 Å². The van der Waals surface area contributed by atoms with Crippen LogP contribution >= 0.6 is 11.8 Å². The number of fused-ring (bicyclic) bond motifs is 1. The molecule has 1 amide bonds. The zero-order valence-corrected chi connectivity index (χ0v) is 18.4. The number of nitrogens with one attached hydrogen (secondary N) is 1. The van der Waals surface area contributed by atoms with E-state index in [4.69, 9.17) is 4.42 Å². The van der Waals surface area contributed by atoms with Crippen LogP contribution in [-0.2, 0) is 18.8 Å². The summed E-state index contributed by atoms with van der Waals surface area (Å²) < 4.78 is 5.93. The molecule has 0 spiro atoms. The highest BCUT2D eigenvalue weighted by Gasteiger charge is 2.20. The van der Waals surface area contributed by atoms with Crippen LogP contribution in [0.4, 0.5) is 0 Å². The van der Waals surface area contributed by atoms with Crippen molar-refractivity contribution < 1.29 is 9.21 Å². The van der Waals surface area contributed by atoms with Crippen molar-refractivity contribution in [1.29, 1.82) is 0 Å². The van der Waals surface area contributed by atoms with Gasteiger partial charge in [0.2, 0.25) is 0 Å². The van der Waals surface area contributed by atoms with Gasteiger partial charge in [-0.1, -0.05) is 54.2 Å². The first kappa shape index (κ1) is 21.1. The van der Waals surface area contributed by atoms with Crippen LogP contribution in [0.25, 0.3) is 11.0 Å². The molecule has 4 aromatic rings. The maximum atomic E-state index is 13.0. The third-order valence-electron chi connectivity index (χ3n) is 4.77. The van der Waals surface area contributed by atoms with Crippen LogP contribution in [0, 0.1) is 0 Å². The van der Waals surface area contributed by atoms with Gasteiger partial charge in [-0.3, -0.25) is 4.79 Å². The first-order valence-corrected chi connectivity index (χ1v) is 11.0. The average molecular weight is 433 g/mol.